The molecule has 2 atom stereocenters. The van der Waals surface area contributed by atoms with Crippen LogP contribution in [0.3, 0.4) is 0 Å². The number of hydrogen-bond donors (Lipinski definition) is 0. The third-order valence-electron chi connectivity index (χ3n) is 6.73. The first kappa shape index (κ1) is 20.3. The molecule has 0 aliphatic carbocycles. The zero-order valence-corrected chi connectivity index (χ0v) is 18.5. The van der Waals surface area contributed by atoms with E-state index < -0.39 is 0 Å². The van der Waals surface area contributed by atoms with Crippen LogP contribution in [-0.2, 0) is 11.2 Å². The van der Waals surface area contributed by atoms with E-state index in [4.69, 9.17) is 0 Å². The van der Waals surface area contributed by atoms with E-state index in [9.17, 15) is 10.1 Å². The molecule has 3 fully saturated rings. The number of carbonyl (C=O) groups is 1. The molecular weight excluding hydrogens is 408 g/mol. The van der Waals surface area contributed by atoms with E-state index in [1.54, 1.807) is 16.2 Å². The number of piperazine rings is 2. The standard InChI is InChI=1S/C23H28N6OS/c24-17-26-10-11-27-12-13-29(22(30)20(27)16-26)23-25-15-21(31-23)28-9-5-4-8-19(28)14-18-6-2-1-3-7-18/h1-3,6-7,15,19-20H,4-5,8-14,16H2/t19-,20-/m1/s1. The van der Waals surface area contributed by atoms with Gasteiger partial charge >= 0.3 is 0 Å². The van der Waals surface area contributed by atoms with Crippen LogP contribution in [0.15, 0.2) is 36.5 Å². The molecule has 3 aliphatic rings. The molecule has 7 nitrogen and oxygen atoms in total. The van der Waals surface area contributed by atoms with Crippen LogP contribution in [0.1, 0.15) is 24.8 Å². The first-order chi connectivity index (χ1) is 15.2. The van der Waals surface area contributed by atoms with Crippen LogP contribution < -0.4 is 9.80 Å². The van der Waals surface area contributed by atoms with E-state index >= 15 is 0 Å². The van der Waals surface area contributed by atoms with Gasteiger partial charge in [0, 0.05) is 38.8 Å². The van der Waals surface area contributed by atoms with Crippen LogP contribution in [0.4, 0.5) is 10.1 Å². The molecule has 0 N–H and O–H groups in total. The Balaban J connectivity index is 1.32. The maximum Gasteiger partial charge on any atom is 0.248 e. The predicted molar refractivity (Wildman–Crippen MR) is 122 cm³/mol. The van der Waals surface area contributed by atoms with Gasteiger partial charge in [-0.25, -0.2) is 4.98 Å². The van der Waals surface area contributed by atoms with E-state index in [1.807, 2.05) is 11.1 Å². The van der Waals surface area contributed by atoms with E-state index in [0.29, 0.717) is 25.7 Å². The summed E-state index contributed by atoms with van der Waals surface area (Å²) in [6, 6.07) is 10.9. The number of anilines is 2. The van der Waals surface area contributed by atoms with Crippen molar-refractivity contribution in [2.24, 2.45) is 0 Å². The number of thiazole rings is 1. The van der Waals surface area contributed by atoms with Gasteiger partial charge in [0.2, 0.25) is 5.91 Å². The van der Waals surface area contributed by atoms with E-state index in [2.05, 4.69) is 51.3 Å². The minimum atomic E-state index is -0.240. The van der Waals surface area contributed by atoms with Gasteiger partial charge in [0.1, 0.15) is 11.0 Å². The van der Waals surface area contributed by atoms with Gasteiger partial charge < -0.3 is 9.80 Å². The molecule has 4 heterocycles. The summed E-state index contributed by atoms with van der Waals surface area (Å²) in [7, 11) is 0. The molecule has 0 radical (unpaired) electrons. The first-order valence-electron chi connectivity index (χ1n) is 11.2. The van der Waals surface area contributed by atoms with Gasteiger partial charge in [0.25, 0.3) is 0 Å². The average molecular weight is 437 g/mol. The third kappa shape index (κ3) is 4.12. The molecule has 0 unspecified atom stereocenters. The molecular formula is C23H28N6OS. The second kappa shape index (κ2) is 8.85. The van der Waals surface area contributed by atoms with Crippen molar-refractivity contribution >= 4 is 27.4 Å². The van der Waals surface area contributed by atoms with Crippen molar-refractivity contribution in [3.8, 4) is 6.19 Å². The van der Waals surface area contributed by atoms with E-state index in [0.717, 1.165) is 36.2 Å². The van der Waals surface area contributed by atoms with Crippen molar-refractivity contribution in [3.63, 3.8) is 0 Å². The zero-order chi connectivity index (χ0) is 21.2. The lowest BCUT2D eigenvalue weighted by atomic mass is 9.96. The van der Waals surface area contributed by atoms with Gasteiger partial charge in [-0.1, -0.05) is 41.7 Å². The molecule has 3 aliphatic heterocycles. The van der Waals surface area contributed by atoms with Crippen LogP contribution in [0, 0.1) is 11.5 Å². The lowest BCUT2D eigenvalue weighted by Gasteiger charge is -2.44. The number of rotatable bonds is 4. The quantitative estimate of drug-likeness (QED) is 0.687. The maximum absolute atomic E-state index is 13.2. The number of piperidine rings is 1. The summed E-state index contributed by atoms with van der Waals surface area (Å²) in [6.07, 6.45) is 8.83. The smallest absolute Gasteiger partial charge is 0.248 e. The monoisotopic (exact) mass is 436 g/mol. The Morgan fingerprint density at radius 2 is 1.94 bits per heavy atom. The largest absolute Gasteiger partial charge is 0.359 e. The molecule has 31 heavy (non-hydrogen) atoms. The highest BCUT2D eigenvalue weighted by Crippen LogP contribution is 2.36. The highest BCUT2D eigenvalue weighted by molar-refractivity contribution is 7.19. The number of hydrogen-bond acceptors (Lipinski definition) is 7. The Kier molecular flexibility index (Phi) is 5.79. The van der Waals surface area contributed by atoms with Gasteiger partial charge in [-0.3, -0.25) is 14.6 Å². The summed E-state index contributed by atoms with van der Waals surface area (Å²) in [4.78, 5) is 26.1. The second-order valence-corrected chi connectivity index (χ2v) is 9.59. The Morgan fingerprint density at radius 3 is 2.77 bits per heavy atom. The van der Waals surface area contributed by atoms with Gasteiger partial charge in [0.15, 0.2) is 11.3 Å². The SMILES string of the molecule is N#CN1CCN2CCN(c3ncc(N4CCCC[C@@H]4Cc4ccccc4)s3)C(=O)[C@H]2C1. The minimum absolute atomic E-state index is 0.0755. The number of fused-ring (bicyclic) bond motifs is 1. The molecule has 2 aromatic rings. The third-order valence-corrected chi connectivity index (χ3v) is 7.79. The summed E-state index contributed by atoms with van der Waals surface area (Å²) < 4.78 is 0. The normalized spacial score (nSPS) is 24.7. The molecule has 1 aromatic carbocycles. The van der Waals surface area contributed by atoms with Crippen molar-refractivity contribution in [1.29, 1.82) is 5.26 Å². The first-order valence-corrected chi connectivity index (χ1v) is 12.0. The predicted octanol–water partition coefficient (Wildman–Crippen LogP) is 2.56. The van der Waals surface area contributed by atoms with Crippen molar-refractivity contribution in [1.82, 2.24) is 14.8 Å². The second-order valence-electron chi connectivity index (χ2n) is 8.60. The maximum atomic E-state index is 13.2. The molecule has 3 saturated heterocycles. The number of aromatic nitrogens is 1. The van der Waals surface area contributed by atoms with Crippen molar-refractivity contribution in [2.75, 3.05) is 49.1 Å². The molecule has 162 valence electrons. The van der Waals surface area contributed by atoms with Gasteiger partial charge in [-0.2, -0.15) is 5.26 Å². The van der Waals surface area contributed by atoms with Gasteiger partial charge in [0.05, 0.1) is 12.7 Å². The van der Waals surface area contributed by atoms with E-state index in [1.165, 1.54) is 24.8 Å². The number of nitrogens with zero attached hydrogens (tertiary/aromatic N) is 6. The fourth-order valence-corrected chi connectivity index (χ4v) is 6.07. The lowest BCUT2D eigenvalue weighted by molar-refractivity contribution is -0.127. The van der Waals surface area contributed by atoms with Crippen molar-refractivity contribution in [2.45, 2.75) is 37.8 Å². The molecule has 1 aromatic heterocycles. The topological polar surface area (TPSA) is 66.7 Å². The molecule has 0 saturated carbocycles. The molecule has 5 rings (SSSR count). The Labute approximate surface area is 187 Å². The van der Waals surface area contributed by atoms with Crippen LogP contribution in [0.25, 0.3) is 0 Å². The number of amides is 1. The molecule has 1 amide bonds. The Hall–Kier alpha value is -2.63. The van der Waals surface area contributed by atoms with Gasteiger partial charge in [-0.15, -0.1) is 0 Å². The number of nitriles is 1. The lowest BCUT2D eigenvalue weighted by Crippen LogP contribution is -2.64. The number of benzene rings is 1. The zero-order valence-electron chi connectivity index (χ0n) is 17.7. The highest BCUT2D eigenvalue weighted by Gasteiger charge is 2.40. The Morgan fingerprint density at radius 1 is 1.10 bits per heavy atom. The summed E-state index contributed by atoms with van der Waals surface area (Å²) in [5, 5.41) is 11.2. The van der Waals surface area contributed by atoms with Crippen LogP contribution in [0.2, 0.25) is 0 Å². The molecule has 0 spiro atoms. The van der Waals surface area contributed by atoms with Crippen molar-refractivity contribution in [3.05, 3.63) is 42.1 Å². The number of carbonyl (C=O) groups excluding carboxylic acids is 1. The summed E-state index contributed by atoms with van der Waals surface area (Å²) in [5.41, 5.74) is 1.37. The van der Waals surface area contributed by atoms with Crippen LogP contribution in [-0.4, -0.2) is 72.0 Å². The van der Waals surface area contributed by atoms with E-state index in [-0.39, 0.29) is 11.9 Å². The highest BCUT2D eigenvalue weighted by atomic mass is 32.1. The van der Waals surface area contributed by atoms with Crippen LogP contribution >= 0.6 is 11.3 Å². The molecule has 0 bridgehead atoms. The summed E-state index contributed by atoms with van der Waals surface area (Å²) in [5.74, 6) is 0.0755. The Bertz CT molecular complexity index is 956. The van der Waals surface area contributed by atoms with Crippen LogP contribution in [0.5, 0.6) is 0 Å². The van der Waals surface area contributed by atoms with Gasteiger partial charge in [-0.05, 0) is 31.2 Å². The fraction of sp³-hybridized carbons (Fsp3) is 0.522. The summed E-state index contributed by atoms with van der Waals surface area (Å²) in [6.45, 7) is 4.51. The van der Waals surface area contributed by atoms with Crippen molar-refractivity contribution < 1.29 is 4.79 Å². The fourth-order valence-electron chi connectivity index (χ4n) is 5.03. The summed E-state index contributed by atoms with van der Waals surface area (Å²) >= 11 is 1.63. The molecule has 8 heteroatoms. The minimum Gasteiger partial charge on any atom is -0.359 e. The average Bonchev–Trinajstić information content (AvgIpc) is 3.30.